The average molecular weight is 231 g/mol. The molecule has 1 aliphatic heterocycles. The maximum atomic E-state index is 11.9. The van der Waals surface area contributed by atoms with Gasteiger partial charge in [0, 0.05) is 12.3 Å². The number of hydrogen-bond acceptors (Lipinski definition) is 5. The summed E-state index contributed by atoms with van der Waals surface area (Å²) < 4.78 is 0. The van der Waals surface area contributed by atoms with Gasteiger partial charge in [0.15, 0.2) is 0 Å². The molecule has 0 spiro atoms. The van der Waals surface area contributed by atoms with E-state index in [9.17, 15) is 4.79 Å². The molecule has 6 heteroatoms. The number of piperazine rings is 1. The minimum Gasteiger partial charge on any atom is -0.300 e. The van der Waals surface area contributed by atoms with E-state index < -0.39 is 6.04 Å². The predicted molar refractivity (Wildman–Crippen MR) is 58.5 cm³/mol. The number of anilines is 1. The van der Waals surface area contributed by atoms with Gasteiger partial charge in [0.05, 0.1) is 19.7 Å². The van der Waals surface area contributed by atoms with E-state index in [-0.39, 0.29) is 19.0 Å². The number of rotatable bonds is 2. The summed E-state index contributed by atoms with van der Waals surface area (Å²) in [7, 11) is 1.44. The van der Waals surface area contributed by atoms with Crippen molar-refractivity contribution in [2.45, 2.75) is 6.04 Å². The second-order valence-electron chi connectivity index (χ2n) is 3.51. The van der Waals surface area contributed by atoms with Gasteiger partial charge < -0.3 is 4.84 Å². The number of nitrogens with zero attached hydrogens (tertiary/aromatic N) is 4. The van der Waals surface area contributed by atoms with Crippen molar-refractivity contribution in [1.82, 2.24) is 10.0 Å². The maximum Gasteiger partial charge on any atom is 0.244 e. The van der Waals surface area contributed by atoms with E-state index in [1.165, 1.54) is 17.1 Å². The molecule has 2 heterocycles. The van der Waals surface area contributed by atoms with E-state index in [1.54, 1.807) is 18.3 Å². The van der Waals surface area contributed by atoms with Crippen molar-refractivity contribution in [3.63, 3.8) is 0 Å². The summed E-state index contributed by atoms with van der Waals surface area (Å²) in [6.07, 6.45) is 1.59. The lowest BCUT2D eigenvalue weighted by Gasteiger charge is -2.35. The van der Waals surface area contributed by atoms with Gasteiger partial charge >= 0.3 is 0 Å². The Balaban J connectivity index is 2.21. The van der Waals surface area contributed by atoms with Crippen LogP contribution in [-0.2, 0) is 9.63 Å². The molecule has 0 aliphatic carbocycles. The minimum absolute atomic E-state index is 0.0408. The summed E-state index contributed by atoms with van der Waals surface area (Å²) in [4.78, 5) is 22.3. The number of aromatic nitrogens is 1. The molecule has 0 N–H and O–H groups in total. The van der Waals surface area contributed by atoms with Crippen LogP contribution in [0.4, 0.5) is 5.82 Å². The molecule has 87 valence electrons. The molecule has 1 aliphatic rings. The molecule has 17 heavy (non-hydrogen) atoms. The van der Waals surface area contributed by atoms with Gasteiger partial charge in [0.25, 0.3) is 0 Å². The molecule has 1 amide bonds. The Bertz CT molecular complexity index is 443. The zero-order chi connectivity index (χ0) is 12.3. The van der Waals surface area contributed by atoms with Crippen LogP contribution in [0.2, 0.25) is 0 Å². The van der Waals surface area contributed by atoms with E-state index in [4.69, 9.17) is 10.1 Å². The molecule has 1 saturated heterocycles. The molecule has 0 bridgehead atoms. The molecule has 1 aromatic heterocycles. The number of amides is 1. The van der Waals surface area contributed by atoms with E-state index in [2.05, 4.69) is 17.1 Å². The van der Waals surface area contributed by atoms with Crippen LogP contribution in [0, 0.1) is 17.4 Å². The molecule has 2 rings (SSSR count). The first-order chi connectivity index (χ1) is 8.26. The highest BCUT2D eigenvalue weighted by Gasteiger charge is 2.33. The first-order valence-electron chi connectivity index (χ1n) is 5.09. The van der Waals surface area contributed by atoms with Gasteiger partial charge in [-0.15, -0.1) is 0 Å². The summed E-state index contributed by atoms with van der Waals surface area (Å²) >= 11 is 0. The molecule has 1 fully saturated rings. The van der Waals surface area contributed by atoms with Crippen LogP contribution >= 0.6 is 0 Å². The number of hydroxylamine groups is 2. The van der Waals surface area contributed by atoms with Crippen molar-refractivity contribution in [1.29, 1.82) is 5.26 Å². The number of pyridine rings is 1. The Morgan fingerprint density at radius 1 is 1.71 bits per heavy atom. The number of nitriles is 1. The fraction of sp³-hybridized carbons (Fsp3) is 0.364. The van der Waals surface area contributed by atoms with Gasteiger partial charge in [-0.2, -0.15) is 10.3 Å². The van der Waals surface area contributed by atoms with Crippen LogP contribution in [0.15, 0.2) is 18.3 Å². The highest BCUT2D eigenvalue weighted by molar-refractivity contribution is 5.94. The molecular weight excluding hydrogens is 220 g/mol. The summed E-state index contributed by atoms with van der Waals surface area (Å²) in [5, 5.41) is 10.4. The third-order valence-corrected chi connectivity index (χ3v) is 2.53. The highest BCUT2D eigenvalue weighted by Crippen LogP contribution is 2.16. The molecule has 1 aromatic rings. The molecule has 1 atom stereocenters. The summed E-state index contributed by atoms with van der Waals surface area (Å²) in [6, 6.07) is 7.87. The molecule has 0 saturated carbocycles. The maximum absolute atomic E-state index is 11.9. The van der Waals surface area contributed by atoms with Crippen molar-refractivity contribution in [2.75, 3.05) is 25.1 Å². The molecular formula is C11H11N4O2. The molecule has 6 nitrogen and oxygen atoms in total. The van der Waals surface area contributed by atoms with Crippen molar-refractivity contribution in [3.05, 3.63) is 24.4 Å². The Morgan fingerprint density at radius 3 is 3.12 bits per heavy atom. The first-order valence-corrected chi connectivity index (χ1v) is 5.09. The normalized spacial score (nSPS) is 21.3. The molecule has 1 unspecified atom stereocenters. The van der Waals surface area contributed by atoms with Crippen LogP contribution in [0.1, 0.15) is 0 Å². The second kappa shape index (κ2) is 4.91. The smallest absolute Gasteiger partial charge is 0.244 e. The predicted octanol–water partition coefficient (Wildman–Crippen LogP) is -0.0160. The lowest BCUT2D eigenvalue weighted by atomic mass is 10.2. The number of carbonyl (C=O) groups is 1. The minimum atomic E-state index is -0.492. The monoisotopic (exact) mass is 231 g/mol. The summed E-state index contributed by atoms with van der Waals surface area (Å²) in [6.45, 7) is 0.274. The molecule has 1 radical (unpaired) electrons. The van der Waals surface area contributed by atoms with Crippen molar-refractivity contribution in [2.24, 2.45) is 0 Å². The van der Waals surface area contributed by atoms with Gasteiger partial charge in [0.1, 0.15) is 18.4 Å². The van der Waals surface area contributed by atoms with Gasteiger partial charge in [0.2, 0.25) is 5.91 Å². The number of hydrogen-bond donors (Lipinski definition) is 0. The summed E-state index contributed by atoms with van der Waals surface area (Å²) in [5.74, 6) is 0.279. The van der Waals surface area contributed by atoms with Gasteiger partial charge in [-0.3, -0.25) is 9.69 Å². The van der Waals surface area contributed by atoms with Crippen molar-refractivity contribution in [3.8, 4) is 6.07 Å². The Morgan fingerprint density at radius 2 is 2.53 bits per heavy atom. The zero-order valence-electron chi connectivity index (χ0n) is 9.33. The second-order valence-corrected chi connectivity index (χ2v) is 3.51. The average Bonchev–Trinajstić information content (AvgIpc) is 2.39. The Kier molecular flexibility index (Phi) is 3.32. The van der Waals surface area contributed by atoms with Crippen molar-refractivity contribution >= 4 is 11.7 Å². The van der Waals surface area contributed by atoms with Crippen LogP contribution in [0.5, 0.6) is 0 Å². The third-order valence-electron chi connectivity index (χ3n) is 2.53. The third kappa shape index (κ3) is 2.25. The van der Waals surface area contributed by atoms with Crippen molar-refractivity contribution < 1.29 is 9.63 Å². The summed E-state index contributed by atoms with van der Waals surface area (Å²) in [5.41, 5.74) is 0. The fourth-order valence-electron chi connectivity index (χ4n) is 1.66. The van der Waals surface area contributed by atoms with E-state index in [0.29, 0.717) is 5.82 Å². The highest BCUT2D eigenvalue weighted by atomic mass is 16.7. The van der Waals surface area contributed by atoms with Crippen LogP contribution in [0.25, 0.3) is 0 Å². The van der Waals surface area contributed by atoms with Gasteiger partial charge in [-0.05, 0) is 12.1 Å². The zero-order valence-corrected chi connectivity index (χ0v) is 9.33. The van der Waals surface area contributed by atoms with Crippen LogP contribution in [0.3, 0.4) is 0 Å². The Hall–Kier alpha value is -1.97. The van der Waals surface area contributed by atoms with E-state index in [1.807, 2.05) is 0 Å². The topological polar surface area (TPSA) is 69.5 Å². The standard InChI is InChI=1S/C11H11N4O2/c1-17-15-8-11(16)14(7-9(15)6-12)10-4-2-3-5-13-10/h2-3,5,9H,7-8H2,1H3. The Labute approximate surface area is 99.0 Å². The van der Waals surface area contributed by atoms with Gasteiger partial charge in [-0.1, -0.05) is 0 Å². The largest absolute Gasteiger partial charge is 0.300 e. The van der Waals surface area contributed by atoms with E-state index in [0.717, 1.165) is 0 Å². The molecule has 0 aromatic carbocycles. The lowest BCUT2D eigenvalue weighted by Crippen LogP contribution is -2.55. The number of carbonyl (C=O) groups excluding carboxylic acids is 1. The van der Waals surface area contributed by atoms with E-state index >= 15 is 0 Å². The quantitative estimate of drug-likeness (QED) is 0.715. The van der Waals surface area contributed by atoms with Crippen LogP contribution in [-0.4, -0.2) is 42.2 Å². The van der Waals surface area contributed by atoms with Gasteiger partial charge in [-0.25, -0.2) is 4.98 Å². The van der Waals surface area contributed by atoms with Crippen LogP contribution < -0.4 is 4.90 Å². The lowest BCUT2D eigenvalue weighted by molar-refractivity contribution is -0.166. The fourth-order valence-corrected chi connectivity index (χ4v) is 1.66. The first kappa shape index (κ1) is 11.5. The SMILES string of the molecule is CON1CC(=O)N(c2[c]cccn2)CC1C#N.